The van der Waals surface area contributed by atoms with E-state index in [1.807, 2.05) is 13.8 Å². The molecular formula is C13H24N2O4. The van der Waals surface area contributed by atoms with Gasteiger partial charge in [0.15, 0.2) is 5.78 Å². The molecule has 0 spiro atoms. The summed E-state index contributed by atoms with van der Waals surface area (Å²) in [6.45, 7) is 8.88. The van der Waals surface area contributed by atoms with E-state index in [2.05, 4.69) is 0 Å². The highest BCUT2D eigenvalue weighted by Crippen LogP contribution is 2.28. The first-order valence-electron chi connectivity index (χ1n) is 6.53. The molecule has 1 rings (SSSR count). The normalized spacial score (nSPS) is 24.9. The fourth-order valence-corrected chi connectivity index (χ4v) is 1.86. The molecule has 0 saturated carbocycles. The van der Waals surface area contributed by atoms with E-state index in [4.69, 9.17) is 10.5 Å². The number of carbonyl (C=O) groups excluding carboxylic acids is 2. The van der Waals surface area contributed by atoms with Crippen LogP contribution in [-0.2, 0) is 9.53 Å². The number of likely N-dealkylation sites (tertiary alicyclic amines) is 1. The molecule has 110 valence electrons. The monoisotopic (exact) mass is 272 g/mol. The summed E-state index contributed by atoms with van der Waals surface area (Å²) in [5.41, 5.74) is 5.13. The van der Waals surface area contributed by atoms with Crippen molar-refractivity contribution in [3.8, 4) is 0 Å². The minimum Gasteiger partial charge on any atom is -0.444 e. The first-order chi connectivity index (χ1) is 8.54. The number of hydrogen-bond acceptors (Lipinski definition) is 5. The lowest BCUT2D eigenvalue weighted by molar-refractivity contribution is -0.151. The van der Waals surface area contributed by atoms with Crippen LogP contribution >= 0.6 is 0 Å². The Morgan fingerprint density at radius 1 is 1.37 bits per heavy atom. The average molecular weight is 272 g/mol. The van der Waals surface area contributed by atoms with E-state index in [9.17, 15) is 14.7 Å². The van der Waals surface area contributed by atoms with E-state index in [-0.39, 0.29) is 18.1 Å². The van der Waals surface area contributed by atoms with Crippen LogP contribution in [0.3, 0.4) is 0 Å². The van der Waals surface area contributed by atoms with Gasteiger partial charge in [-0.3, -0.25) is 9.69 Å². The van der Waals surface area contributed by atoms with Crippen molar-refractivity contribution in [3.63, 3.8) is 0 Å². The Morgan fingerprint density at radius 3 is 2.26 bits per heavy atom. The van der Waals surface area contributed by atoms with Gasteiger partial charge in [-0.25, -0.2) is 4.79 Å². The first kappa shape index (κ1) is 15.9. The van der Waals surface area contributed by atoms with Gasteiger partial charge in [0.2, 0.25) is 0 Å². The molecule has 1 amide bonds. The number of rotatable bonds is 3. The lowest BCUT2D eigenvalue weighted by Gasteiger charge is -2.45. The largest absolute Gasteiger partial charge is 0.444 e. The second kappa shape index (κ2) is 5.46. The maximum atomic E-state index is 12.1. The van der Waals surface area contributed by atoms with Crippen LogP contribution < -0.4 is 5.73 Å². The van der Waals surface area contributed by atoms with Crippen LogP contribution in [0.4, 0.5) is 4.79 Å². The fraction of sp³-hybridized carbons (Fsp3) is 0.846. The topological polar surface area (TPSA) is 92.9 Å². The molecule has 19 heavy (non-hydrogen) atoms. The van der Waals surface area contributed by atoms with Gasteiger partial charge in [0, 0.05) is 6.42 Å². The lowest BCUT2D eigenvalue weighted by Crippen LogP contribution is -2.65. The Kier molecular flexibility index (Phi) is 4.58. The smallest absolute Gasteiger partial charge is 0.412 e. The van der Waals surface area contributed by atoms with E-state index in [1.165, 1.54) is 0 Å². The van der Waals surface area contributed by atoms with Crippen LogP contribution in [0.25, 0.3) is 0 Å². The van der Waals surface area contributed by atoms with E-state index in [1.54, 1.807) is 20.8 Å². The third-order valence-corrected chi connectivity index (χ3v) is 3.07. The molecule has 0 aromatic carbocycles. The van der Waals surface area contributed by atoms with Crippen molar-refractivity contribution in [3.05, 3.63) is 0 Å². The summed E-state index contributed by atoms with van der Waals surface area (Å²) < 4.78 is 5.17. The Bertz CT molecular complexity index is 362. The van der Waals surface area contributed by atoms with Gasteiger partial charge in [-0.05, 0) is 26.7 Å². The quantitative estimate of drug-likeness (QED) is 0.795. The van der Waals surface area contributed by atoms with E-state index >= 15 is 0 Å². The molecule has 1 aliphatic heterocycles. The highest BCUT2D eigenvalue weighted by Gasteiger charge is 2.48. The number of nitrogens with zero attached hydrogens (tertiary/aromatic N) is 1. The van der Waals surface area contributed by atoms with Crippen LogP contribution in [0.15, 0.2) is 0 Å². The van der Waals surface area contributed by atoms with Crippen molar-refractivity contribution in [2.75, 3.05) is 0 Å². The Hall–Kier alpha value is -1.14. The molecule has 3 atom stereocenters. The van der Waals surface area contributed by atoms with Crippen LogP contribution in [0.5, 0.6) is 0 Å². The van der Waals surface area contributed by atoms with Gasteiger partial charge in [-0.1, -0.05) is 13.8 Å². The summed E-state index contributed by atoms with van der Waals surface area (Å²) in [6.07, 6.45) is -1.43. The fourth-order valence-electron chi connectivity index (χ4n) is 1.86. The molecule has 0 bridgehead atoms. The van der Waals surface area contributed by atoms with Gasteiger partial charge in [0.05, 0.1) is 6.04 Å². The van der Waals surface area contributed by atoms with Crippen LogP contribution in [-0.4, -0.2) is 45.8 Å². The Labute approximate surface area is 113 Å². The number of ether oxygens (including phenoxy) is 1. The molecule has 0 aliphatic carbocycles. The van der Waals surface area contributed by atoms with Crippen molar-refractivity contribution in [2.45, 2.75) is 65.0 Å². The van der Waals surface area contributed by atoms with Gasteiger partial charge in [-0.15, -0.1) is 0 Å². The molecule has 1 saturated heterocycles. The van der Waals surface area contributed by atoms with Gasteiger partial charge < -0.3 is 15.6 Å². The average Bonchev–Trinajstić information content (AvgIpc) is 2.20. The van der Waals surface area contributed by atoms with Crippen molar-refractivity contribution < 1.29 is 19.4 Å². The number of carbonyl (C=O) groups is 2. The first-order valence-corrected chi connectivity index (χ1v) is 6.53. The van der Waals surface area contributed by atoms with Crippen molar-refractivity contribution in [2.24, 2.45) is 11.7 Å². The number of nitrogens with two attached hydrogens (primary N) is 1. The molecule has 6 heteroatoms. The van der Waals surface area contributed by atoms with E-state index in [0.717, 1.165) is 4.90 Å². The number of aliphatic hydroxyl groups is 1. The number of aliphatic hydroxyl groups excluding tert-OH is 1. The summed E-state index contributed by atoms with van der Waals surface area (Å²) in [5.74, 6) is -0.239. The summed E-state index contributed by atoms with van der Waals surface area (Å²) in [5, 5.41) is 9.65. The molecule has 6 nitrogen and oxygen atoms in total. The standard InChI is InChI=1S/C13H24N2O4/c1-7(2)10(14)11(17)8-6-9(16)15(8)12(18)19-13(3,4)5/h7-10,16H,6,14H2,1-5H3. The Balaban J connectivity index is 2.72. The molecule has 1 fully saturated rings. The number of hydrogen-bond donors (Lipinski definition) is 2. The van der Waals surface area contributed by atoms with Crippen molar-refractivity contribution >= 4 is 11.9 Å². The lowest BCUT2D eigenvalue weighted by atomic mass is 9.88. The zero-order valence-electron chi connectivity index (χ0n) is 12.2. The van der Waals surface area contributed by atoms with Gasteiger partial charge in [0.1, 0.15) is 17.9 Å². The highest BCUT2D eigenvalue weighted by molar-refractivity contribution is 5.93. The highest BCUT2D eigenvalue weighted by atomic mass is 16.6. The minimum atomic E-state index is -0.969. The summed E-state index contributed by atoms with van der Waals surface area (Å²) in [4.78, 5) is 25.1. The second-order valence-electron chi connectivity index (χ2n) is 6.29. The van der Waals surface area contributed by atoms with Gasteiger partial charge in [0.25, 0.3) is 0 Å². The molecule has 0 aromatic heterocycles. The van der Waals surface area contributed by atoms with Gasteiger partial charge in [-0.2, -0.15) is 0 Å². The molecule has 1 aliphatic rings. The zero-order chi connectivity index (χ0) is 15.0. The molecule has 3 unspecified atom stereocenters. The summed E-state index contributed by atoms with van der Waals surface area (Å²) in [6, 6.07) is -1.32. The third kappa shape index (κ3) is 3.67. The molecule has 1 heterocycles. The number of amides is 1. The molecule has 0 radical (unpaired) electrons. The molecular weight excluding hydrogens is 248 g/mol. The van der Waals surface area contributed by atoms with Gasteiger partial charge >= 0.3 is 6.09 Å². The predicted molar refractivity (Wildman–Crippen MR) is 70.3 cm³/mol. The summed E-state index contributed by atoms with van der Waals surface area (Å²) >= 11 is 0. The maximum Gasteiger partial charge on any atom is 0.412 e. The molecule has 3 N–H and O–H groups in total. The second-order valence-corrected chi connectivity index (χ2v) is 6.29. The van der Waals surface area contributed by atoms with Crippen LogP contribution in [0.2, 0.25) is 0 Å². The predicted octanol–water partition coefficient (Wildman–Crippen LogP) is 0.867. The van der Waals surface area contributed by atoms with Crippen molar-refractivity contribution in [1.29, 1.82) is 0 Å². The van der Waals surface area contributed by atoms with E-state index in [0.29, 0.717) is 0 Å². The summed E-state index contributed by atoms with van der Waals surface area (Å²) in [7, 11) is 0. The Morgan fingerprint density at radius 2 is 1.89 bits per heavy atom. The third-order valence-electron chi connectivity index (χ3n) is 3.07. The number of ketones is 1. The van der Waals surface area contributed by atoms with Crippen molar-refractivity contribution in [1.82, 2.24) is 4.90 Å². The van der Waals surface area contributed by atoms with Crippen LogP contribution in [0.1, 0.15) is 41.0 Å². The number of Topliss-reactive ketones (excluding diaryl/α,β-unsaturated/α-hetero) is 1. The molecule has 0 aromatic rings. The SMILES string of the molecule is CC(C)C(N)C(=O)C1CC(O)N1C(=O)OC(C)(C)C. The maximum absolute atomic E-state index is 12.1. The van der Waals surface area contributed by atoms with E-state index < -0.39 is 30.0 Å². The van der Waals surface area contributed by atoms with Crippen LogP contribution in [0, 0.1) is 5.92 Å². The zero-order valence-corrected chi connectivity index (χ0v) is 12.2. The minimum absolute atomic E-state index is 0.00858.